The fourth-order valence-electron chi connectivity index (χ4n) is 2.16. The zero-order valence-corrected chi connectivity index (χ0v) is 10.6. The van der Waals surface area contributed by atoms with Crippen LogP contribution in [0.5, 0.6) is 0 Å². The normalized spacial score (nSPS) is 25.2. The Hall–Kier alpha value is -1.82. The van der Waals surface area contributed by atoms with E-state index < -0.39 is 0 Å². The Morgan fingerprint density at radius 3 is 2.72 bits per heavy atom. The van der Waals surface area contributed by atoms with Gasteiger partial charge in [0.1, 0.15) is 11.5 Å². The lowest BCUT2D eigenvalue weighted by Crippen LogP contribution is -2.46. The molecule has 0 amide bonds. The zero-order valence-electron chi connectivity index (χ0n) is 10.6. The highest BCUT2D eigenvalue weighted by Crippen LogP contribution is 2.18. The average molecular weight is 250 g/mol. The fraction of sp³-hybridized carbons (Fsp3) is 0.500. The Morgan fingerprint density at radius 2 is 2.11 bits per heavy atom. The van der Waals surface area contributed by atoms with E-state index in [1.54, 1.807) is 6.07 Å². The monoisotopic (exact) mass is 250 g/mol. The van der Waals surface area contributed by atoms with Crippen LogP contribution in [0.1, 0.15) is 19.5 Å². The van der Waals surface area contributed by atoms with Gasteiger partial charge < -0.3 is 20.6 Å². The number of nitrogens with two attached hydrogens (primary N) is 1. The zero-order chi connectivity index (χ0) is 13.1. The van der Waals surface area contributed by atoms with Crippen LogP contribution in [0.25, 0.3) is 0 Å². The van der Waals surface area contributed by atoms with Gasteiger partial charge in [-0.25, -0.2) is 4.98 Å². The molecular formula is C12H18N4O2. The Bertz CT molecular complexity index is 439. The number of hydrogen-bond donors (Lipinski definition) is 2. The van der Waals surface area contributed by atoms with Gasteiger partial charge in [-0.2, -0.15) is 0 Å². The van der Waals surface area contributed by atoms with Gasteiger partial charge in [-0.1, -0.05) is 11.2 Å². The summed E-state index contributed by atoms with van der Waals surface area (Å²) in [5.41, 5.74) is 6.02. The second kappa shape index (κ2) is 5.22. The molecule has 6 nitrogen and oxygen atoms in total. The van der Waals surface area contributed by atoms with Gasteiger partial charge >= 0.3 is 0 Å². The van der Waals surface area contributed by atoms with Crippen LogP contribution in [0.3, 0.4) is 0 Å². The molecular weight excluding hydrogens is 232 g/mol. The SMILES string of the molecule is CC1CN(c2cccc(C(N)=NO)n2)CC(C)O1. The molecule has 2 rings (SSSR count). The van der Waals surface area contributed by atoms with Crippen LogP contribution in [0.4, 0.5) is 5.82 Å². The highest BCUT2D eigenvalue weighted by Gasteiger charge is 2.23. The van der Waals surface area contributed by atoms with Crippen molar-refractivity contribution in [2.75, 3.05) is 18.0 Å². The number of nitrogens with zero attached hydrogens (tertiary/aromatic N) is 3. The van der Waals surface area contributed by atoms with Crippen molar-refractivity contribution in [3.63, 3.8) is 0 Å². The summed E-state index contributed by atoms with van der Waals surface area (Å²) in [5.74, 6) is 0.840. The number of morpholine rings is 1. The molecule has 0 spiro atoms. The minimum absolute atomic E-state index is 0.0196. The molecule has 98 valence electrons. The Morgan fingerprint density at radius 1 is 1.44 bits per heavy atom. The lowest BCUT2D eigenvalue weighted by atomic mass is 10.2. The van der Waals surface area contributed by atoms with Crippen molar-refractivity contribution in [1.29, 1.82) is 0 Å². The summed E-state index contributed by atoms with van der Waals surface area (Å²) in [6.45, 7) is 5.65. The summed E-state index contributed by atoms with van der Waals surface area (Å²) in [6.07, 6.45) is 0.339. The smallest absolute Gasteiger partial charge is 0.188 e. The van der Waals surface area contributed by atoms with Crippen molar-refractivity contribution in [3.05, 3.63) is 23.9 Å². The molecule has 2 unspecified atom stereocenters. The third-order valence-corrected chi connectivity index (χ3v) is 2.85. The standard InChI is InChI=1S/C12H18N4O2/c1-8-6-16(7-9(2)18-8)11-5-3-4-10(14-11)12(13)15-17/h3-5,8-9,17H,6-7H2,1-2H3,(H2,13,15). The molecule has 18 heavy (non-hydrogen) atoms. The first-order valence-electron chi connectivity index (χ1n) is 5.95. The van der Waals surface area contributed by atoms with Gasteiger partial charge in [-0.15, -0.1) is 0 Å². The van der Waals surface area contributed by atoms with Gasteiger partial charge in [0.15, 0.2) is 5.84 Å². The Labute approximate surface area is 106 Å². The number of oxime groups is 1. The van der Waals surface area contributed by atoms with E-state index in [1.807, 2.05) is 26.0 Å². The molecule has 0 bridgehead atoms. The van der Waals surface area contributed by atoms with E-state index in [4.69, 9.17) is 15.7 Å². The number of rotatable bonds is 2. The van der Waals surface area contributed by atoms with Gasteiger partial charge in [-0.3, -0.25) is 0 Å². The first-order valence-corrected chi connectivity index (χ1v) is 5.95. The van der Waals surface area contributed by atoms with Crippen LogP contribution in [-0.4, -0.2) is 41.3 Å². The third kappa shape index (κ3) is 2.70. The minimum Gasteiger partial charge on any atom is -0.409 e. The third-order valence-electron chi connectivity index (χ3n) is 2.85. The second-order valence-electron chi connectivity index (χ2n) is 4.53. The molecule has 2 atom stereocenters. The molecule has 0 aromatic carbocycles. The molecule has 3 N–H and O–H groups in total. The minimum atomic E-state index is 0.0196. The highest BCUT2D eigenvalue weighted by molar-refractivity contribution is 5.95. The molecule has 0 radical (unpaired) electrons. The summed E-state index contributed by atoms with van der Waals surface area (Å²) in [5, 5.41) is 11.6. The fourth-order valence-corrected chi connectivity index (χ4v) is 2.16. The van der Waals surface area contributed by atoms with E-state index in [2.05, 4.69) is 15.0 Å². The summed E-state index contributed by atoms with van der Waals surface area (Å²) < 4.78 is 5.68. The van der Waals surface area contributed by atoms with Crippen LogP contribution >= 0.6 is 0 Å². The molecule has 6 heteroatoms. The van der Waals surface area contributed by atoms with E-state index >= 15 is 0 Å². The van der Waals surface area contributed by atoms with Crippen molar-refractivity contribution in [1.82, 2.24) is 4.98 Å². The van der Waals surface area contributed by atoms with Gasteiger partial charge in [0, 0.05) is 13.1 Å². The lowest BCUT2D eigenvalue weighted by molar-refractivity contribution is -0.00546. The van der Waals surface area contributed by atoms with Crippen LogP contribution in [-0.2, 0) is 4.74 Å². The largest absolute Gasteiger partial charge is 0.409 e. The van der Waals surface area contributed by atoms with Crippen LogP contribution in [0, 0.1) is 0 Å². The van der Waals surface area contributed by atoms with Crippen molar-refractivity contribution < 1.29 is 9.94 Å². The Kier molecular flexibility index (Phi) is 3.66. The van der Waals surface area contributed by atoms with Crippen LogP contribution in [0.15, 0.2) is 23.4 Å². The van der Waals surface area contributed by atoms with Gasteiger partial charge in [0.05, 0.1) is 12.2 Å². The molecule has 1 aromatic rings. The summed E-state index contributed by atoms with van der Waals surface area (Å²) >= 11 is 0. The topological polar surface area (TPSA) is 84.0 Å². The Balaban J connectivity index is 2.22. The van der Waals surface area contributed by atoms with E-state index in [1.165, 1.54) is 0 Å². The van der Waals surface area contributed by atoms with E-state index in [0.717, 1.165) is 18.9 Å². The number of anilines is 1. The lowest BCUT2D eigenvalue weighted by Gasteiger charge is -2.36. The summed E-state index contributed by atoms with van der Waals surface area (Å²) in [7, 11) is 0. The number of pyridine rings is 1. The molecule has 1 saturated heterocycles. The quantitative estimate of drug-likeness (QED) is 0.351. The maximum absolute atomic E-state index is 8.66. The van der Waals surface area contributed by atoms with Crippen LogP contribution in [0.2, 0.25) is 0 Å². The maximum Gasteiger partial charge on any atom is 0.188 e. The number of hydrogen-bond acceptors (Lipinski definition) is 5. The second-order valence-corrected chi connectivity index (χ2v) is 4.53. The van der Waals surface area contributed by atoms with Crippen molar-refractivity contribution in [2.45, 2.75) is 26.1 Å². The molecule has 0 aliphatic carbocycles. The maximum atomic E-state index is 8.66. The average Bonchev–Trinajstić information content (AvgIpc) is 2.37. The molecule has 1 aromatic heterocycles. The first-order chi connectivity index (χ1) is 8.60. The van der Waals surface area contributed by atoms with Crippen molar-refractivity contribution in [2.24, 2.45) is 10.9 Å². The van der Waals surface area contributed by atoms with Crippen LogP contribution < -0.4 is 10.6 Å². The van der Waals surface area contributed by atoms with Gasteiger partial charge in [0.2, 0.25) is 0 Å². The van der Waals surface area contributed by atoms with Gasteiger partial charge in [0.25, 0.3) is 0 Å². The van der Waals surface area contributed by atoms with Crippen molar-refractivity contribution in [3.8, 4) is 0 Å². The summed E-state index contributed by atoms with van der Waals surface area (Å²) in [4.78, 5) is 6.54. The molecule has 1 fully saturated rings. The number of aromatic nitrogens is 1. The predicted octanol–water partition coefficient (Wildman–Crippen LogP) is 0.790. The van der Waals surface area contributed by atoms with Crippen molar-refractivity contribution >= 4 is 11.7 Å². The molecule has 1 aliphatic heterocycles. The highest BCUT2D eigenvalue weighted by atomic mass is 16.5. The van der Waals surface area contributed by atoms with E-state index in [9.17, 15) is 0 Å². The van der Waals surface area contributed by atoms with E-state index in [-0.39, 0.29) is 18.0 Å². The van der Waals surface area contributed by atoms with E-state index in [0.29, 0.717) is 5.69 Å². The molecule has 0 saturated carbocycles. The molecule has 2 heterocycles. The van der Waals surface area contributed by atoms with Gasteiger partial charge in [-0.05, 0) is 26.0 Å². The number of amidine groups is 1. The molecule has 1 aliphatic rings. The number of ether oxygens (including phenoxy) is 1. The first kappa shape index (κ1) is 12.6. The summed E-state index contributed by atoms with van der Waals surface area (Å²) in [6, 6.07) is 5.48. The predicted molar refractivity (Wildman–Crippen MR) is 69.0 cm³/mol.